The fourth-order valence-corrected chi connectivity index (χ4v) is 3.69. The molecule has 4 rings (SSSR count). The molecule has 1 heterocycles. The first-order valence-electron chi connectivity index (χ1n) is 9.24. The Balaban J connectivity index is 1.57. The first kappa shape index (κ1) is 17.3. The summed E-state index contributed by atoms with van der Waals surface area (Å²) in [4.78, 5) is 39.9. The van der Waals surface area contributed by atoms with Crippen molar-refractivity contribution in [3.05, 3.63) is 74.9 Å². The molecule has 1 amide bonds. The second-order valence-corrected chi connectivity index (χ2v) is 7.01. The number of hydrogen-bond acceptors (Lipinski definition) is 3. The highest BCUT2D eigenvalue weighted by Gasteiger charge is 2.17. The number of rotatable bonds is 4. The predicted molar refractivity (Wildman–Crippen MR) is 104 cm³/mol. The molecule has 2 N–H and O–H groups in total. The number of para-hydroxylation sites is 1. The Labute approximate surface area is 155 Å². The van der Waals surface area contributed by atoms with Gasteiger partial charge in [-0.15, -0.1) is 0 Å². The highest BCUT2D eigenvalue weighted by molar-refractivity contribution is 5.79. The quantitative estimate of drug-likeness (QED) is 0.746. The standard InChI is InChI=1S/C21H21N3O3/c25-19(22-15-5-1-2-6-15)13-14-9-11-16(12-10-14)24-20(26)17-7-3-4-8-18(17)23-21(24)27/h3-4,7-12,15H,1-2,5-6,13H2,(H,22,25)(H,23,27). The van der Waals surface area contributed by atoms with Gasteiger partial charge in [0.05, 0.1) is 23.0 Å². The molecule has 0 aliphatic heterocycles. The molecule has 0 radical (unpaired) electrons. The van der Waals surface area contributed by atoms with Gasteiger partial charge in [0.1, 0.15) is 0 Å². The molecule has 1 aromatic heterocycles. The van der Waals surface area contributed by atoms with Gasteiger partial charge in [-0.25, -0.2) is 9.36 Å². The number of hydrogen-bond donors (Lipinski definition) is 2. The number of carbonyl (C=O) groups is 1. The van der Waals surface area contributed by atoms with E-state index in [1.54, 1.807) is 48.5 Å². The van der Waals surface area contributed by atoms with E-state index in [1.807, 2.05) is 0 Å². The van der Waals surface area contributed by atoms with Crippen molar-refractivity contribution in [2.24, 2.45) is 0 Å². The minimum Gasteiger partial charge on any atom is -0.353 e. The summed E-state index contributed by atoms with van der Waals surface area (Å²) in [5.74, 6) is 0.00960. The minimum absolute atomic E-state index is 0.00960. The zero-order valence-electron chi connectivity index (χ0n) is 14.9. The smallest absolute Gasteiger partial charge is 0.333 e. The van der Waals surface area contributed by atoms with E-state index in [0.29, 0.717) is 29.1 Å². The fraction of sp³-hybridized carbons (Fsp3) is 0.286. The van der Waals surface area contributed by atoms with E-state index in [-0.39, 0.29) is 11.5 Å². The van der Waals surface area contributed by atoms with Crippen LogP contribution in [0.4, 0.5) is 0 Å². The van der Waals surface area contributed by atoms with Gasteiger partial charge in [-0.3, -0.25) is 9.59 Å². The van der Waals surface area contributed by atoms with Crippen molar-refractivity contribution in [1.82, 2.24) is 14.9 Å². The normalized spacial score (nSPS) is 14.5. The Morgan fingerprint density at radius 3 is 2.48 bits per heavy atom. The van der Waals surface area contributed by atoms with Gasteiger partial charge in [-0.05, 0) is 42.7 Å². The number of nitrogens with zero attached hydrogens (tertiary/aromatic N) is 1. The molecule has 6 heteroatoms. The van der Waals surface area contributed by atoms with Crippen molar-refractivity contribution in [2.45, 2.75) is 38.1 Å². The predicted octanol–water partition coefficient (Wildman–Crippen LogP) is 2.28. The lowest BCUT2D eigenvalue weighted by Crippen LogP contribution is -2.34. The highest BCUT2D eigenvalue weighted by Crippen LogP contribution is 2.18. The summed E-state index contributed by atoms with van der Waals surface area (Å²) in [7, 11) is 0. The molecule has 3 aromatic rings. The molecule has 1 saturated carbocycles. The molecule has 0 atom stereocenters. The highest BCUT2D eigenvalue weighted by atomic mass is 16.2. The van der Waals surface area contributed by atoms with Gasteiger partial charge in [0.15, 0.2) is 0 Å². The third-order valence-electron chi connectivity index (χ3n) is 5.08. The monoisotopic (exact) mass is 363 g/mol. The van der Waals surface area contributed by atoms with Gasteiger partial charge in [-0.1, -0.05) is 37.1 Å². The lowest BCUT2D eigenvalue weighted by Gasteiger charge is -2.12. The van der Waals surface area contributed by atoms with Crippen LogP contribution in [0.15, 0.2) is 58.1 Å². The maximum Gasteiger partial charge on any atom is 0.333 e. The maximum absolute atomic E-state index is 12.7. The van der Waals surface area contributed by atoms with Crippen LogP contribution in [0.1, 0.15) is 31.2 Å². The molecule has 1 aliphatic carbocycles. The lowest BCUT2D eigenvalue weighted by atomic mass is 10.1. The SMILES string of the molecule is O=C(Cc1ccc(-n2c(=O)[nH]c3ccccc3c2=O)cc1)NC1CCCC1. The van der Waals surface area contributed by atoms with Gasteiger partial charge in [0.25, 0.3) is 5.56 Å². The van der Waals surface area contributed by atoms with Crippen molar-refractivity contribution in [3.63, 3.8) is 0 Å². The van der Waals surface area contributed by atoms with Crippen LogP contribution in [-0.2, 0) is 11.2 Å². The van der Waals surface area contributed by atoms with Crippen LogP contribution >= 0.6 is 0 Å². The summed E-state index contributed by atoms with van der Waals surface area (Å²) in [6, 6.07) is 14.2. The molecule has 0 unspecified atom stereocenters. The average Bonchev–Trinajstić information content (AvgIpc) is 3.16. The Kier molecular flexibility index (Phi) is 4.62. The zero-order valence-corrected chi connectivity index (χ0v) is 14.9. The van der Waals surface area contributed by atoms with E-state index in [1.165, 1.54) is 12.8 Å². The lowest BCUT2D eigenvalue weighted by molar-refractivity contribution is -0.121. The molecule has 0 spiro atoms. The van der Waals surface area contributed by atoms with Crippen LogP contribution in [0.25, 0.3) is 16.6 Å². The number of aromatic amines is 1. The topological polar surface area (TPSA) is 84.0 Å². The molecule has 27 heavy (non-hydrogen) atoms. The summed E-state index contributed by atoms with van der Waals surface area (Å²) in [6.07, 6.45) is 4.75. The second-order valence-electron chi connectivity index (χ2n) is 7.01. The zero-order chi connectivity index (χ0) is 18.8. The van der Waals surface area contributed by atoms with Crippen molar-refractivity contribution < 1.29 is 4.79 Å². The fourth-order valence-electron chi connectivity index (χ4n) is 3.69. The molecular weight excluding hydrogens is 342 g/mol. The van der Waals surface area contributed by atoms with Crippen molar-refractivity contribution >= 4 is 16.8 Å². The number of carbonyl (C=O) groups excluding carboxylic acids is 1. The first-order chi connectivity index (χ1) is 13.1. The molecule has 1 aliphatic rings. The van der Waals surface area contributed by atoms with Crippen molar-refractivity contribution in [3.8, 4) is 5.69 Å². The molecule has 2 aromatic carbocycles. The Hall–Kier alpha value is -3.15. The number of amides is 1. The molecule has 1 fully saturated rings. The number of aromatic nitrogens is 2. The summed E-state index contributed by atoms with van der Waals surface area (Å²) in [5.41, 5.74) is 1.00. The Morgan fingerprint density at radius 1 is 1.04 bits per heavy atom. The Bertz CT molecular complexity index is 1090. The van der Waals surface area contributed by atoms with E-state index in [0.717, 1.165) is 23.0 Å². The molecule has 0 saturated heterocycles. The van der Waals surface area contributed by atoms with E-state index < -0.39 is 5.69 Å². The molecule has 138 valence electrons. The van der Waals surface area contributed by atoms with Gasteiger partial charge >= 0.3 is 5.69 Å². The Morgan fingerprint density at radius 2 is 1.74 bits per heavy atom. The van der Waals surface area contributed by atoms with Crippen molar-refractivity contribution in [1.29, 1.82) is 0 Å². The summed E-state index contributed by atoms with van der Waals surface area (Å²) >= 11 is 0. The van der Waals surface area contributed by atoms with Gasteiger partial charge in [-0.2, -0.15) is 0 Å². The van der Waals surface area contributed by atoms with Crippen LogP contribution in [0.2, 0.25) is 0 Å². The van der Waals surface area contributed by atoms with Gasteiger partial charge in [0, 0.05) is 6.04 Å². The molecular formula is C21H21N3O3. The van der Waals surface area contributed by atoms with E-state index in [4.69, 9.17) is 0 Å². The summed E-state index contributed by atoms with van der Waals surface area (Å²) in [5, 5.41) is 3.52. The van der Waals surface area contributed by atoms with Crippen LogP contribution in [0, 0.1) is 0 Å². The van der Waals surface area contributed by atoms with E-state index in [2.05, 4.69) is 10.3 Å². The number of benzene rings is 2. The molecule has 0 bridgehead atoms. The van der Waals surface area contributed by atoms with Crippen molar-refractivity contribution in [2.75, 3.05) is 0 Å². The van der Waals surface area contributed by atoms with Crippen LogP contribution in [0.5, 0.6) is 0 Å². The molecule has 6 nitrogen and oxygen atoms in total. The largest absolute Gasteiger partial charge is 0.353 e. The van der Waals surface area contributed by atoms with Crippen LogP contribution < -0.4 is 16.6 Å². The average molecular weight is 363 g/mol. The third-order valence-corrected chi connectivity index (χ3v) is 5.08. The first-order valence-corrected chi connectivity index (χ1v) is 9.24. The third kappa shape index (κ3) is 3.56. The number of nitrogens with one attached hydrogen (secondary N) is 2. The maximum atomic E-state index is 12.7. The number of H-pyrrole nitrogens is 1. The van der Waals surface area contributed by atoms with E-state index >= 15 is 0 Å². The van der Waals surface area contributed by atoms with Crippen LogP contribution in [-0.4, -0.2) is 21.5 Å². The van der Waals surface area contributed by atoms with Crippen LogP contribution in [0.3, 0.4) is 0 Å². The van der Waals surface area contributed by atoms with Gasteiger partial charge in [0.2, 0.25) is 5.91 Å². The van der Waals surface area contributed by atoms with E-state index in [9.17, 15) is 14.4 Å². The van der Waals surface area contributed by atoms with Gasteiger partial charge < -0.3 is 10.3 Å². The summed E-state index contributed by atoms with van der Waals surface area (Å²) < 4.78 is 1.12. The summed E-state index contributed by atoms with van der Waals surface area (Å²) in [6.45, 7) is 0. The number of fused-ring (bicyclic) bond motifs is 1. The minimum atomic E-state index is -0.481. The second kappa shape index (κ2) is 7.23.